The summed E-state index contributed by atoms with van der Waals surface area (Å²) in [4.78, 5) is 1.33. The summed E-state index contributed by atoms with van der Waals surface area (Å²) in [5, 5.41) is 21.0. The Morgan fingerprint density at radius 2 is 2.13 bits per heavy atom. The molecule has 0 atom stereocenters. The first-order valence-electron chi connectivity index (χ1n) is 4.45. The third-order valence-electron chi connectivity index (χ3n) is 1.87. The number of aromatic nitrogens is 4. The summed E-state index contributed by atoms with van der Waals surface area (Å²) in [6.07, 6.45) is 0. The van der Waals surface area contributed by atoms with Gasteiger partial charge in [0, 0.05) is 5.56 Å². The van der Waals surface area contributed by atoms with E-state index in [-0.39, 0.29) is 6.61 Å². The fourth-order valence-corrected chi connectivity index (χ4v) is 1.40. The molecule has 1 heterocycles. The summed E-state index contributed by atoms with van der Waals surface area (Å²) in [5.74, 6) is 0.467. The summed E-state index contributed by atoms with van der Waals surface area (Å²) < 4.78 is 0. The summed E-state index contributed by atoms with van der Waals surface area (Å²) in [6, 6.07) is 7.28. The predicted octanol–water partition coefficient (Wildman–Crippen LogP) is 0.986. The molecule has 0 amide bonds. The average molecular weight is 225 g/mol. The van der Waals surface area contributed by atoms with Gasteiger partial charge in [-0.15, -0.1) is 10.2 Å². The third kappa shape index (κ3) is 2.14. The molecule has 1 N–H and O–H groups in total. The molecule has 2 rings (SSSR count). The molecule has 0 saturated carbocycles. The second-order valence-corrected chi connectivity index (χ2v) is 3.32. The van der Waals surface area contributed by atoms with Crippen molar-refractivity contribution >= 4 is 11.6 Å². The summed E-state index contributed by atoms with van der Waals surface area (Å²) >= 11 is 5.98. The maximum atomic E-state index is 8.70. The van der Waals surface area contributed by atoms with Crippen molar-refractivity contribution in [2.45, 2.75) is 6.54 Å². The van der Waals surface area contributed by atoms with E-state index in [1.165, 1.54) is 4.80 Å². The van der Waals surface area contributed by atoms with Gasteiger partial charge in [0.2, 0.25) is 5.82 Å². The van der Waals surface area contributed by atoms with Gasteiger partial charge in [-0.05, 0) is 17.3 Å². The maximum Gasteiger partial charge on any atom is 0.206 e. The average Bonchev–Trinajstić information content (AvgIpc) is 2.68. The number of hydrogen-bond acceptors (Lipinski definition) is 4. The first-order chi connectivity index (χ1) is 7.31. The lowest BCUT2D eigenvalue weighted by Crippen LogP contribution is -2.05. The molecule has 0 aliphatic rings. The molecule has 0 saturated heterocycles. The van der Waals surface area contributed by atoms with E-state index in [4.69, 9.17) is 16.7 Å². The second kappa shape index (κ2) is 4.37. The lowest BCUT2D eigenvalue weighted by atomic mass is 10.2. The van der Waals surface area contributed by atoms with Gasteiger partial charge in [0.15, 0.2) is 0 Å². The van der Waals surface area contributed by atoms with Gasteiger partial charge in [0.25, 0.3) is 0 Å². The minimum atomic E-state index is -0.0156. The van der Waals surface area contributed by atoms with Crippen LogP contribution < -0.4 is 0 Å². The van der Waals surface area contributed by atoms with E-state index in [9.17, 15) is 0 Å². The standard InChI is InChI=1S/C9H9ClN4O/c10-8-4-2-1-3-7(8)9-11-13-14(12-9)5-6-15/h1-4,15H,5-6H2. The zero-order valence-corrected chi connectivity index (χ0v) is 8.59. The minimum absolute atomic E-state index is 0.0156. The Morgan fingerprint density at radius 1 is 1.33 bits per heavy atom. The summed E-state index contributed by atoms with van der Waals surface area (Å²) in [7, 11) is 0. The Morgan fingerprint density at radius 3 is 2.87 bits per heavy atom. The molecule has 0 aliphatic carbocycles. The van der Waals surface area contributed by atoms with Crippen molar-refractivity contribution in [2.75, 3.05) is 6.61 Å². The van der Waals surface area contributed by atoms with E-state index in [2.05, 4.69) is 15.4 Å². The van der Waals surface area contributed by atoms with Crippen LogP contribution in [0.25, 0.3) is 11.4 Å². The molecule has 2 aromatic rings. The van der Waals surface area contributed by atoms with Crippen LogP contribution in [0.4, 0.5) is 0 Å². The number of tetrazole rings is 1. The molecule has 6 heteroatoms. The molecular formula is C9H9ClN4O. The first kappa shape index (κ1) is 10.1. The van der Waals surface area contributed by atoms with Crippen LogP contribution in [-0.4, -0.2) is 31.9 Å². The van der Waals surface area contributed by atoms with E-state index in [1.54, 1.807) is 6.07 Å². The van der Waals surface area contributed by atoms with E-state index in [0.717, 1.165) is 5.56 Å². The van der Waals surface area contributed by atoms with Crippen LogP contribution in [0.3, 0.4) is 0 Å². The van der Waals surface area contributed by atoms with Crippen LogP contribution in [0.2, 0.25) is 5.02 Å². The topological polar surface area (TPSA) is 63.8 Å². The highest BCUT2D eigenvalue weighted by molar-refractivity contribution is 6.33. The fraction of sp³-hybridized carbons (Fsp3) is 0.222. The number of benzene rings is 1. The number of aliphatic hydroxyl groups is 1. The quantitative estimate of drug-likeness (QED) is 0.845. The molecular weight excluding hydrogens is 216 g/mol. The van der Waals surface area contributed by atoms with Crippen molar-refractivity contribution in [3.63, 3.8) is 0 Å². The Hall–Kier alpha value is -1.46. The van der Waals surface area contributed by atoms with Crippen LogP contribution in [0, 0.1) is 0 Å². The first-order valence-corrected chi connectivity index (χ1v) is 4.82. The molecule has 15 heavy (non-hydrogen) atoms. The van der Waals surface area contributed by atoms with Gasteiger partial charge in [-0.2, -0.15) is 4.80 Å². The largest absolute Gasteiger partial charge is 0.394 e. The number of rotatable bonds is 3. The van der Waals surface area contributed by atoms with Gasteiger partial charge in [-0.25, -0.2) is 0 Å². The van der Waals surface area contributed by atoms with E-state index >= 15 is 0 Å². The predicted molar refractivity (Wildman–Crippen MR) is 55.3 cm³/mol. The van der Waals surface area contributed by atoms with Gasteiger partial charge >= 0.3 is 0 Å². The van der Waals surface area contributed by atoms with E-state index in [0.29, 0.717) is 17.4 Å². The van der Waals surface area contributed by atoms with Crippen LogP contribution in [-0.2, 0) is 6.54 Å². The molecule has 1 aromatic heterocycles. The summed E-state index contributed by atoms with van der Waals surface area (Å²) in [6.45, 7) is 0.315. The van der Waals surface area contributed by atoms with Crippen molar-refractivity contribution in [3.8, 4) is 11.4 Å². The van der Waals surface area contributed by atoms with Crippen LogP contribution >= 0.6 is 11.6 Å². The maximum absolute atomic E-state index is 8.70. The van der Waals surface area contributed by atoms with Gasteiger partial charge < -0.3 is 5.11 Å². The monoisotopic (exact) mass is 224 g/mol. The molecule has 1 aromatic carbocycles. The number of hydrogen-bond donors (Lipinski definition) is 1. The van der Waals surface area contributed by atoms with Gasteiger partial charge in [-0.1, -0.05) is 23.7 Å². The molecule has 0 fully saturated rings. The van der Waals surface area contributed by atoms with Gasteiger partial charge in [-0.3, -0.25) is 0 Å². The van der Waals surface area contributed by atoms with Crippen molar-refractivity contribution < 1.29 is 5.11 Å². The molecule has 78 valence electrons. The number of aliphatic hydroxyl groups excluding tert-OH is 1. The highest BCUT2D eigenvalue weighted by Gasteiger charge is 2.08. The highest BCUT2D eigenvalue weighted by Crippen LogP contribution is 2.23. The smallest absolute Gasteiger partial charge is 0.206 e. The zero-order valence-electron chi connectivity index (χ0n) is 7.84. The molecule has 5 nitrogen and oxygen atoms in total. The Labute approximate surface area is 91.3 Å². The third-order valence-corrected chi connectivity index (χ3v) is 2.20. The molecule has 0 radical (unpaired) electrons. The SMILES string of the molecule is OCCn1nnc(-c2ccccc2Cl)n1. The number of nitrogens with zero attached hydrogens (tertiary/aromatic N) is 4. The Kier molecular flexibility index (Phi) is 2.94. The normalized spacial score (nSPS) is 10.5. The van der Waals surface area contributed by atoms with Crippen LogP contribution in [0.5, 0.6) is 0 Å². The summed E-state index contributed by atoms with van der Waals surface area (Å²) in [5.41, 5.74) is 0.739. The lowest BCUT2D eigenvalue weighted by molar-refractivity contribution is 0.259. The van der Waals surface area contributed by atoms with Crippen molar-refractivity contribution in [2.24, 2.45) is 0 Å². The molecule has 0 spiro atoms. The number of halogens is 1. The molecule has 0 aliphatic heterocycles. The van der Waals surface area contributed by atoms with E-state index < -0.39 is 0 Å². The van der Waals surface area contributed by atoms with Crippen molar-refractivity contribution in [1.29, 1.82) is 0 Å². The fourth-order valence-electron chi connectivity index (χ4n) is 1.18. The van der Waals surface area contributed by atoms with Gasteiger partial charge in [0.1, 0.15) is 0 Å². The lowest BCUT2D eigenvalue weighted by Gasteiger charge is -1.96. The van der Waals surface area contributed by atoms with Gasteiger partial charge in [0.05, 0.1) is 18.2 Å². The van der Waals surface area contributed by atoms with E-state index in [1.807, 2.05) is 18.2 Å². The van der Waals surface area contributed by atoms with Crippen LogP contribution in [0.1, 0.15) is 0 Å². The Bertz CT molecular complexity index is 457. The minimum Gasteiger partial charge on any atom is -0.394 e. The Balaban J connectivity index is 2.33. The highest BCUT2D eigenvalue weighted by atomic mass is 35.5. The molecule has 0 bridgehead atoms. The second-order valence-electron chi connectivity index (χ2n) is 2.91. The van der Waals surface area contributed by atoms with Crippen molar-refractivity contribution in [3.05, 3.63) is 29.3 Å². The zero-order chi connectivity index (χ0) is 10.7. The molecule has 0 unspecified atom stereocenters. The van der Waals surface area contributed by atoms with Crippen molar-refractivity contribution in [1.82, 2.24) is 20.2 Å². The van der Waals surface area contributed by atoms with Crippen LogP contribution in [0.15, 0.2) is 24.3 Å².